The summed E-state index contributed by atoms with van der Waals surface area (Å²) in [5.41, 5.74) is 7.00. The van der Waals surface area contributed by atoms with Crippen LogP contribution in [-0.2, 0) is 0 Å². The van der Waals surface area contributed by atoms with Crippen LogP contribution in [0.3, 0.4) is 0 Å². The van der Waals surface area contributed by atoms with Gasteiger partial charge in [0, 0.05) is 24.4 Å². The van der Waals surface area contributed by atoms with E-state index in [1.165, 1.54) is 17.6 Å². The Morgan fingerprint density at radius 2 is 1.94 bits per heavy atom. The number of hydrogen-bond donors (Lipinski definition) is 1. The van der Waals surface area contributed by atoms with Crippen LogP contribution in [0.4, 0.5) is 11.8 Å². The zero-order valence-electron chi connectivity index (χ0n) is 18.3. The van der Waals surface area contributed by atoms with Gasteiger partial charge in [0.1, 0.15) is 11.3 Å². The number of carbonyl (C=O) groups excluding carboxylic acids is 1. The van der Waals surface area contributed by atoms with Crippen LogP contribution in [0.2, 0.25) is 5.02 Å². The molecular formula is C23H22ClN7O2S. The molecule has 1 aliphatic carbocycles. The molecule has 4 aromatic rings. The standard InChI is InChI=1S/C23H20ClN7O2.H2S/c1-13(32)15-11-26-22(25)27-19(15)29-12-23(8-9-23)18(29)20-28-30-10-7-16(24)17(30)21(33)31(20)14-5-3-2-4-6-14;/h2-7,10-11,18H,8-9,12H2,1H3,(H2,25,26,27);1H2/t18-;/m1./s1. The van der Waals surface area contributed by atoms with Crippen molar-refractivity contribution in [1.82, 2.24) is 24.1 Å². The first kappa shape index (κ1) is 22.4. The summed E-state index contributed by atoms with van der Waals surface area (Å²) in [6.07, 6.45) is 5.14. The summed E-state index contributed by atoms with van der Waals surface area (Å²) in [5.74, 6) is 0.978. The highest BCUT2D eigenvalue weighted by molar-refractivity contribution is 7.59. The fourth-order valence-electron chi connectivity index (χ4n) is 4.84. The zero-order chi connectivity index (χ0) is 22.9. The van der Waals surface area contributed by atoms with Gasteiger partial charge in [-0.25, -0.2) is 9.50 Å². The number of ketones is 1. The molecule has 0 radical (unpaired) electrons. The minimum Gasteiger partial charge on any atom is -0.368 e. The fraction of sp³-hybridized carbons (Fsp3) is 0.261. The Kier molecular flexibility index (Phi) is 5.18. The topological polar surface area (TPSA) is 111 Å². The maximum atomic E-state index is 13.7. The molecule has 1 aliphatic heterocycles. The lowest BCUT2D eigenvalue weighted by atomic mass is 9.83. The van der Waals surface area contributed by atoms with E-state index in [9.17, 15) is 9.59 Å². The van der Waals surface area contributed by atoms with Crippen molar-refractivity contribution < 1.29 is 4.79 Å². The highest BCUT2D eigenvalue weighted by Crippen LogP contribution is 2.65. The van der Waals surface area contributed by atoms with Crippen molar-refractivity contribution in [3.05, 3.63) is 75.6 Å². The van der Waals surface area contributed by atoms with E-state index in [1.54, 1.807) is 16.8 Å². The molecule has 1 saturated heterocycles. The molecule has 1 spiro atoms. The van der Waals surface area contributed by atoms with Crippen molar-refractivity contribution >= 4 is 48.2 Å². The number of Topliss-reactive ketones (excluding diaryl/α,β-unsaturated/α-hetero) is 1. The quantitative estimate of drug-likeness (QED) is 0.433. The lowest BCUT2D eigenvalue weighted by molar-refractivity contribution is 0.101. The van der Waals surface area contributed by atoms with Crippen molar-refractivity contribution in [2.75, 3.05) is 17.2 Å². The zero-order valence-corrected chi connectivity index (χ0v) is 20.0. The van der Waals surface area contributed by atoms with Crippen molar-refractivity contribution in [2.45, 2.75) is 25.8 Å². The molecule has 1 saturated carbocycles. The molecule has 34 heavy (non-hydrogen) atoms. The van der Waals surface area contributed by atoms with Crippen LogP contribution in [0.25, 0.3) is 11.2 Å². The number of benzene rings is 1. The first-order chi connectivity index (χ1) is 15.9. The molecule has 1 aromatic carbocycles. The molecule has 11 heteroatoms. The van der Waals surface area contributed by atoms with Gasteiger partial charge in [0.05, 0.1) is 22.3 Å². The van der Waals surface area contributed by atoms with Gasteiger partial charge in [-0.1, -0.05) is 29.8 Å². The second-order valence-corrected chi connectivity index (χ2v) is 9.11. The van der Waals surface area contributed by atoms with Crippen molar-refractivity contribution in [3.63, 3.8) is 0 Å². The Hall–Kier alpha value is -3.37. The lowest BCUT2D eigenvalue weighted by Crippen LogP contribution is -2.54. The number of fused-ring (bicyclic) bond motifs is 1. The Morgan fingerprint density at radius 1 is 1.21 bits per heavy atom. The number of halogens is 1. The highest BCUT2D eigenvalue weighted by atomic mass is 35.5. The molecule has 1 atom stereocenters. The normalized spacial score (nSPS) is 17.9. The summed E-state index contributed by atoms with van der Waals surface area (Å²) < 4.78 is 3.16. The molecule has 3 aromatic heterocycles. The van der Waals surface area contributed by atoms with Gasteiger partial charge in [-0.05, 0) is 38.0 Å². The minimum atomic E-state index is -0.261. The average molecular weight is 496 g/mol. The molecule has 0 unspecified atom stereocenters. The van der Waals surface area contributed by atoms with E-state index >= 15 is 0 Å². The van der Waals surface area contributed by atoms with Crippen LogP contribution in [-0.4, -0.2) is 36.5 Å². The molecule has 2 N–H and O–H groups in total. The van der Waals surface area contributed by atoms with Crippen LogP contribution in [0.15, 0.2) is 53.6 Å². The van der Waals surface area contributed by atoms with Crippen LogP contribution in [0.1, 0.15) is 42.0 Å². The first-order valence-electron chi connectivity index (χ1n) is 10.6. The SMILES string of the molecule is CC(=O)c1cnc(N)nc1N1CC2(CC2)[C@H]1c1nn2ccc(Cl)c2c(=O)n1-c1ccccc1.S. The van der Waals surface area contributed by atoms with E-state index in [4.69, 9.17) is 22.4 Å². The van der Waals surface area contributed by atoms with E-state index in [0.717, 1.165) is 12.8 Å². The summed E-state index contributed by atoms with van der Waals surface area (Å²) in [5, 5.41) is 5.20. The fourth-order valence-corrected chi connectivity index (χ4v) is 5.07. The summed E-state index contributed by atoms with van der Waals surface area (Å²) in [6.45, 7) is 2.18. The van der Waals surface area contributed by atoms with Gasteiger partial charge in [-0.15, -0.1) is 0 Å². The van der Waals surface area contributed by atoms with Gasteiger partial charge >= 0.3 is 0 Å². The van der Waals surface area contributed by atoms with E-state index < -0.39 is 0 Å². The van der Waals surface area contributed by atoms with Crippen molar-refractivity contribution in [2.24, 2.45) is 5.41 Å². The van der Waals surface area contributed by atoms with Crippen LogP contribution in [0, 0.1) is 5.41 Å². The Bertz CT molecular complexity index is 1500. The first-order valence-corrected chi connectivity index (χ1v) is 11.0. The summed E-state index contributed by atoms with van der Waals surface area (Å²) in [6, 6.07) is 10.8. The largest absolute Gasteiger partial charge is 0.368 e. The maximum Gasteiger partial charge on any atom is 0.284 e. The molecule has 2 aliphatic rings. The van der Waals surface area contributed by atoms with E-state index in [1.807, 2.05) is 35.2 Å². The van der Waals surface area contributed by atoms with E-state index in [0.29, 0.717) is 40.0 Å². The summed E-state index contributed by atoms with van der Waals surface area (Å²) >= 11 is 6.33. The van der Waals surface area contributed by atoms with Crippen molar-refractivity contribution in [1.29, 1.82) is 0 Å². The third kappa shape index (κ3) is 3.20. The molecule has 4 heterocycles. The molecule has 0 amide bonds. The Balaban J connectivity index is 0.00000241. The third-order valence-electron chi connectivity index (χ3n) is 6.63. The number of aromatic nitrogens is 5. The number of carbonyl (C=O) groups is 1. The maximum absolute atomic E-state index is 13.7. The number of para-hydroxylation sites is 1. The van der Waals surface area contributed by atoms with Crippen LogP contribution >= 0.6 is 25.1 Å². The molecule has 2 fully saturated rings. The van der Waals surface area contributed by atoms with Crippen LogP contribution in [0.5, 0.6) is 0 Å². The lowest BCUT2D eigenvalue weighted by Gasteiger charge is -2.50. The second-order valence-electron chi connectivity index (χ2n) is 8.71. The van der Waals surface area contributed by atoms with Gasteiger partial charge in [-0.2, -0.15) is 23.6 Å². The number of anilines is 2. The summed E-state index contributed by atoms with van der Waals surface area (Å²) in [7, 11) is 0. The molecular weight excluding hydrogens is 474 g/mol. The minimum absolute atomic E-state index is 0. The van der Waals surface area contributed by atoms with Crippen molar-refractivity contribution in [3.8, 4) is 5.69 Å². The number of rotatable bonds is 4. The Labute approximate surface area is 206 Å². The van der Waals surface area contributed by atoms with Gasteiger partial charge in [0.15, 0.2) is 11.6 Å². The highest BCUT2D eigenvalue weighted by Gasteiger charge is 2.63. The van der Waals surface area contributed by atoms with Gasteiger partial charge in [0.25, 0.3) is 5.56 Å². The van der Waals surface area contributed by atoms with Crippen LogP contribution < -0.4 is 16.2 Å². The van der Waals surface area contributed by atoms with E-state index in [2.05, 4.69) is 9.97 Å². The third-order valence-corrected chi connectivity index (χ3v) is 6.93. The van der Waals surface area contributed by atoms with Gasteiger partial charge in [0.2, 0.25) is 5.95 Å². The predicted octanol–water partition coefficient (Wildman–Crippen LogP) is 3.17. The van der Waals surface area contributed by atoms with E-state index in [-0.39, 0.29) is 42.2 Å². The molecule has 0 bridgehead atoms. The van der Waals surface area contributed by atoms with Gasteiger partial charge < -0.3 is 10.6 Å². The average Bonchev–Trinajstić information content (AvgIpc) is 3.51. The Morgan fingerprint density at radius 3 is 2.62 bits per heavy atom. The molecule has 9 nitrogen and oxygen atoms in total. The second kappa shape index (κ2) is 7.85. The predicted molar refractivity (Wildman–Crippen MR) is 134 cm³/mol. The number of hydrogen-bond acceptors (Lipinski definition) is 7. The molecule has 174 valence electrons. The number of nitrogens with zero attached hydrogens (tertiary/aromatic N) is 6. The monoisotopic (exact) mass is 495 g/mol. The number of nitrogen functional groups attached to an aromatic ring is 1. The number of nitrogens with two attached hydrogens (primary N) is 1. The molecule has 6 rings (SSSR count). The van der Waals surface area contributed by atoms with Gasteiger partial charge in [-0.3, -0.25) is 14.2 Å². The smallest absolute Gasteiger partial charge is 0.284 e. The summed E-state index contributed by atoms with van der Waals surface area (Å²) in [4.78, 5) is 36.4.